The third-order valence-corrected chi connectivity index (χ3v) is 11.1. The minimum Gasteiger partial charge on any atom is -0.454 e. The van der Waals surface area contributed by atoms with Gasteiger partial charge >= 0.3 is 0 Å². The van der Waals surface area contributed by atoms with Gasteiger partial charge in [-0.05, 0) is 73.5 Å². The van der Waals surface area contributed by atoms with Gasteiger partial charge in [0, 0.05) is 54.5 Å². The average Bonchev–Trinajstić information content (AvgIpc) is 3.81. The molecular formula is C52H36N2O2. The summed E-state index contributed by atoms with van der Waals surface area (Å²) in [4.78, 5) is 4.81. The van der Waals surface area contributed by atoms with Crippen molar-refractivity contribution in [2.75, 3.05) is 9.80 Å². The van der Waals surface area contributed by atoms with Gasteiger partial charge in [0.1, 0.15) is 11.2 Å². The van der Waals surface area contributed by atoms with Crippen molar-refractivity contribution < 1.29 is 8.83 Å². The summed E-state index contributed by atoms with van der Waals surface area (Å²) >= 11 is 0. The molecule has 0 unspecified atom stereocenters. The van der Waals surface area contributed by atoms with E-state index in [9.17, 15) is 0 Å². The van der Waals surface area contributed by atoms with Crippen LogP contribution in [0.15, 0.2) is 191 Å². The van der Waals surface area contributed by atoms with Gasteiger partial charge < -0.3 is 18.6 Å². The molecule has 0 spiro atoms. The van der Waals surface area contributed by atoms with Crippen LogP contribution in [0.25, 0.3) is 65.4 Å². The van der Waals surface area contributed by atoms with E-state index < -0.39 is 0 Å². The van der Waals surface area contributed by atoms with Crippen LogP contribution in [-0.2, 0) is 0 Å². The molecule has 0 aliphatic carbocycles. The van der Waals surface area contributed by atoms with E-state index in [0.717, 1.165) is 99.5 Å². The van der Waals surface area contributed by atoms with E-state index in [2.05, 4.69) is 194 Å². The van der Waals surface area contributed by atoms with Crippen LogP contribution in [0.3, 0.4) is 0 Å². The summed E-state index contributed by atoms with van der Waals surface area (Å²) in [6.45, 7) is 4.31. The Morgan fingerprint density at radius 3 is 1.05 bits per heavy atom. The highest BCUT2D eigenvalue weighted by atomic mass is 16.3. The lowest BCUT2D eigenvalue weighted by Gasteiger charge is -2.33. The Kier molecular flexibility index (Phi) is 7.26. The molecule has 0 amide bonds. The summed E-state index contributed by atoms with van der Waals surface area (Å²) in [5, 5.41) is 8.85. The van der Waals surface area contributed by atoms with Crippen LogP contribution in [0.5, 0.6) is 0 Å². The average molecular weight is 721 g/mol. The van der Waals surface area contributed by atoms with Gasteiger partial charge in [0.05, 0.1) is 22.7 Å². The first-order valence-corrected chi connectivity index (χ1v) is 19.1. The normalized spacial score (nSPS) is 11.8. The number of para-hydroxylation sites is 4. The first-order valence-electron chi connectivity index (χ1n) is 19.1. The molecule has 0 atom stereocenters. The fraction of sp³-hybridized carbons (Fsp3) is 0.0385. The molecule has 2 aromatic heterocycles. The van der Waals surface area contributed by atoms with Crippen LogP contribution in [-0.4, -0.2) is 0 Å². The van der Waals surface area contributed by atoms with E-state index in [1.54, 1.807) is 0 Å². The summed E-state index contributed by atoms with van der Waals surface area (Å²) in [5.74, 6) is 0. The number of aryl methyl sites for hydroxylation is 2. The molecule has 11 rings (SSSR count). The number of fused-ring (bicyclic) bond motifs is 8. The van der Waals surface area contributed by atoms with Crippen molar-refractivity contribution in [2.24, 2.45) is 0 Å². The predicted octanol–water partition coefficient (Wildman–Crippen LogP) is 15.3. The molecule has 0 saturated heterocycles. The number of benzene rings is 9. The second-order valence-corrected chi connectivity index (χ2v) is 14.6. The summed E-state index contributed by atoms with van der Waals surface area (Å²) in [6.07, 6.45) is 0. The highest BCUT2D eigenvalue weighted by Gasteiger charge is 2.28. The second kappa shape index (κ2) is 12.6. The third-order valence-electron chi connectivity index (χ3n) is 11.1. The molecule has 0 radical (unpaired) electrons. The lowest BCUT2D eigenvalue weighted by molar-refractivity contribution is 0.668. The Hall–Kier alpha value is -7.30. The quantitative estimate of drug-likeness (QED) is 0.126. The minimum atomic E-state index is 0.852. The molecule has 2 heterocycles. The van der Waals surface area contributed by atoms with Gasteiger partial charge in [-0.1, -0.05) is 133 Å². The number of furan rings is 2. The Labute approximate surface area is 324 Å². The molecule has 4 heteroatoms. The lowest BCUT2D eigenvalue weighted by atomic mass is 9.95. The van der Waals surface area contributed by atoms with E-state index in [0.29, 0.717) is 0 Å². The van der Waals surface area contributed by atoms with Crippen LogP contribution < -0.4 is 9.80 Å². The maximum atomic E-state index is 6.76. The highest BCUT2D eigenvalue weighted by molar-refractivity contribution is 6.25. The van der Waals surface area contributed by atoms with Crippen LogP contribution >= 0.6 is 0 Å². The van der Waals surface area contributed by atoms with Crippen molar-refractivity contribution in [3.05, 3.63) is 193 Å². The second-order valence-electron chi connectivity index (χ2n) is 14.6. The number of rotatable bonds is 6. The summed E-state index contributed by atoms with van der Waals surface area (Å²) in [7, 11) is 0. The fourth-order valence-corrected chi connectivity index (χ4v) is 8.69. The smallest absolute Gasteiger partial charge is 0.159 e. The van der Waals surface area contributed by atoms with Gasteiger partial charge in [0.2, 0.25) is 0 Å². The first-order chi connectivity index (χ1) is 27.6. The van der Waals surface area contributed by atoms with E-state index in [4.69, 9.17) is 8.83 Å². The molecule has 9 aromatic carbocycles. The van der Waals surface area contributed by atoms with Gasteiger partial charge in [0.25, 0.3) is 0 Å². The number of hydrogen-bond acceptors (Lipinski definition) is 4. The molecule has 0 bridgehead atoms. The predicted molar refractivity (Wildman–Crippen MR) is 235 cm³/mol. The van der Waals surface area contributed by atoms with Crippen LogP contribution in [0.1, 0.15) is 11.1 Å². The molecule has 266 valence electrons. The molecule has 0 aliphatic heterocycles. The van der Waals surface area contributed by atoms with Crippen molar-refractivity contribution in [1.82, 2.24) is 0 Å². The Balaban J connectivity index is 1.28. The third kappa shape index (κ3) is 4.93. The van der Waals surface area contributed by atoms with Crippen molar-refractivity contribution in [1.29, 1.82) is 0 Å². The number of anilines is 6. The summed E-state index contributed by atoms with van der Waals surface area (Å²) in [5.41, 5.74) is 12.1. The summed E-state index contributed by atoms with van der Waals surface area (Å²) in [6, 6.07) is 64.8. The van der Waals surface area contributed by atoms with E-state index in [1.165, 1.54) is 11.1 Å². The molecule has 0 N–H and O–H groups in total. The number of hydrogen-bond donors (Lipinski definition) is 0. The van der Waals surface area contributed by atoms with Gasteiger partial charge in [-0.3, -0.25) is 0 Å². The highest BCUT2D eigenvalue weighted by Crippen LogP contribution is 2.53. The van der Waals surface area contributed by atoms with Crippen LogP contribution in [0.2, 0.25) is 0 Å². The van der Waals surface area contributed by atoms with Crippen molar-refractivity contribution in [3.8, 4) is 0 Å². The Bertz CT molecular complexity index is 3040. The van der Waals surface area contributed by atoms with E-state index in [1.807, 2.05) is 12.1 Å². The zero-order chi connectivity index (χ0) is 37.3. The van der Waals surface area contributed by atoms with Gasteiger partial charge in [0.15, 0.2) is 11.2 Å². The van der Waals surface area contributed by atoms with Gasteiger partial charge in [-0.2, -0.15) is 0 Å². The Morgan fingerprint density at radius 1 is 0.321 bits per heavy atom. The van der Waals surface area contributed by atoms with Gasteiger partial charge in [-0.15, -0.1) is 0 Å². The molecule has 11 aromatic rings. The van der Waals surface area contributed by atoms with Crippen molar-refractivity contribution >= 4 is 99.5 Å². The minimum absolute atomic E-state index is 0.852. The molecular weight excluding hydrogens is 685 g/mol. The summed E-state index contributed by atoms with van der Waals surface area (Å²) < 4.78 is 13.5. The maximum absolute atomic E-state index is 6.76. The lowest BCUT2D eigenvalue weighted by Crippen LogP contribution is -2.15. The van der Waals surface area contributed by atoms with Gasteiger partial charge in [-0.25, -0.2) is 0 Å². The molecule has 0 aliphatic rings. The molecule has 0 fully saturated rings. The zero-order valence-corrected chi connectivity index (χ0v) is 31.0. The largest absolute Gasteiger partial charge is 0.454 e. The van der Waals surface area contributed by atoms with E-state index >= 15 is 0 Å². The SMILES string of the molecule is Cc1cccc(N(c2c3ccccc3c(N(c3cccc(C)c3)c3cccc4c3oc3ccccc34)c3ccccc23)c2cccc3c2oc2ccccc23)c1. The van der Waals surface area contributed by atoms with Crippen LogP contribution in [0, 0.1) is 13.8 Å². The fourth-order valence-electron chi connectivity index (χ4n) is 8.69. The molecule has 56 heavy (non-hydrogen) atoms. The molecule has 0 saturated carbocycles. The topological polar surface area (TPSA) is 32.8 Å². The standard InChI is InChI=1S/C52H36N2O2/c1-33-15-11-17-35(31-33)53(45-27-13-25-43-37-19-7-9-29-47(37)55-51(43)45)49-39-21-3-5-23-41(39)50(42-24-6-4-22-40(42)49)54(36-18-12-16-34(2)32-36)46-28-14-26-44-38-20-8-10-30-48(38)56-52(44)46/h3-32H,1-2H3. The monoisotopic (exact) mass is 720 g/mol. The van der Waals surface area contributed by atoms with Crippen molar-refractivity contribution in [2.45, 2.75) is 13.8 Å². The zero-order valence-electron chi connectivity index (χ0n) is 31.0. The number of nitrogens with zero attached hydrogens (tertiary/aromatic N) is 2. The van der Waals surface area contributed by atoms with Crippen molar-refractivity contribution in [3.63, 3.8) is 0 Å². The maximum Gasteiger partial charge on any atom is 0.159 e. The van der Waals surface area contributed by atoms with E-state index in [-0.39, 0.29) is 0 Å². The first kappa shape index (κ1) is 32.2. The Morgan fingerprint density at radius 2 is 0.661 bits per heavy atom. The van der Waals surface area contributed by atoms with Crippen LogP contribution in [0.4, 0.5) is 34.1 Å². The molecule has 4 nitrogen and oxygen atoms in total.